The molecule has 1 atom stereocenters. The highest BCUT2D eigenvalue weighted by Gasteiger charge is 2.35. The molecule has 0 bridgehead atoms. The second kappa shape index (κ2) is 8.76. The number of fused-ring (bicyclic) bond motifs is 1. The lowest BCUT2D eigenvalue weighted by Gasteiger charge is -2.15. The molecule has 2 amide bonds. The number of carbonyl (C=O) groups excluding carboxylic acids is 2. The Kier molecular flexibility index (Phi) is 5.91. The molecule has 1 aliphatic rings. The molecule has 3 aromatic carbocycles. The van der Waals surface area contributed by atoms with Crippen LogP contribution in [0.3, 0.4) is 0 Å². The van der Waals surface area contributed by atoms with Crippen molar-refractivity contribution < 1.29 is 14.3 Å². The van der Waals surface area contributed by atoms with Gasteiger partial charge in [0, 0.05) is 5.56 Å². The zero-order chi connectivity index (χ0) is 21.1. The topological polar surface area (TPSA) is 46.6 Å². The first-order valence-electron chi connectivity index (χ1n) is 10.0. The van der Waals surface area contributed by atoms with Crippen LogP contribution in [0.2, 0.25) is 0 Å². The molecular weight excluding hydrogens is 394 g/mol. The molecule has 1 saturated heterocycles. The van der Waals surface area contributed by atoms with E-state index in [1.165, 1.54) is 4.90 Å². The number of benzene rings is 3. The lowest BCUT2D eigenvalue weighted by molar-refractivity contribution is -0.123. The monoisotopic (exact) mass is 417 g/mol. The third kappa shape index (κ3) is 4.26. The minimum atomic E-state index is -0.267. The maximum absolute atomic E-state index is 13.0. The standard InChI is InChI=1S/C25H23NO3S/c1-3-17(2)29-22-11-7-6-10-21(22)15-23-24(27)26(25(28)30-23)16-18-12-13-19-8-4-5-9-20(19)14-18/h4-15,17H,3,16H2,1-2H3/b23-15-. The molecule has 3 aromatic rings. The van der Waals surface area contributed by atoms with E-state index in [9.17, 15) is 9.59 Å². The van der Waals surface area contributed by atoms with Crippen LogP contribution in [-0.2, 0) is 11.3 Å². The van der Waals surface area contributed by atoms with E-state index in [4.69, 9.17) is 4.74 Å². The van der Waals surface area contributed by atoms with Crippen LogP contribution in [0, 0.1) is 0 Å². The van der Waals surface area contributed by atoms with Crippen LogP contribution in [0.4, 0.5) is 4.79 Å². The van der Waals surface area contributed by atoms with Crippen LogP contribution < -0.4 is 4.74 Å². The van der Waals surface area contributed by atoms with Crippen LogP contribution in [0.1, 0.15) is 31.4 Å². The quantitative estimate of drug-likeness (QED) is 0.445. The van der Waals surface area contributed by atoms with Crippen molar-refractivity contribution in [3.63, 3.8) is 0 Å². The minimum absolute atomic E-state index is 0.0718. The van der Waals surface area contributed by atoms with Crippen LogP contribution in [0.5, 0.6) is 5.75 Å². The Balaban J connectivity index is 1.57. The molecule has 0 N–H and O–H groups in total. The van der Waals surface area contributed by atoms with Crippen molar-refractivity contribution in [3.05, 3.63) is 82.8 Å². The number of amides is 2. The van der Waals surface area contributed by atoms with E-state index >= 15 is 0 Å². The van der Waals surface area contributed by atoms with Gasteiger partial charge in [0.1, 0.15) is 5.75 Å². The maximum Gasteiger partial charge on any atom is 0.293 e. The van der Waals surface area contributed by atoms with E-state index in [1.54, 1.807) is 6.08 Å². The summed E-state index contributed by atoms with van der Waals surface area (Å²) in [5.74, 6) is 0.449. The molecule has 4 nitrogen and oxygen atoms in total. The van der Waals surface area contributed by atoms with Crippen molar-refractivity contribution in [1.82, 2.24) is 4.90 Å². The Bertz CT molecular complexity index is 1140. The molecule has 0 aliphatic carbocycles. The van der Waals surface area contributed by atoms with E-state index < -0.39 is 0 Å². The number of hydrogen-bond donors (Lipinski definition) is 0. The molecule has 1 heterocycles. The third-order valence-electron chi connectivity index (χ3n) is 5.14. The molecule has 30 heavy (non-hydrogen) atoms. The van der Waals surface area contributed by atoms with Crippen LogP contribution in [-0.4, -0.2) is 22.2 Å². The van der Waals surface area contributed by atoms with Gasteiger partial charge in [0.15, 0.2) is 0 Å². The first-order chi connectivity index (χ1) is 14.5. The molecule has 152 valence electrons. The van der Waals surface area contributed by atoms with Crippen LogP contribution >= 0.6 is 11.8 Å². The van der Waals surface area contributed by atoms with Gasteiger partial charge in [-0.15, -0.1) is 0 Å². The smallest absolute Gasteiger partial charge is 0.293 e. The van der Waals surface area contributed by atoms with Crippen molar-refractivity contribution in [2.75, 3.05) is 0 Å². The highest BCUT2D eigenvalue weighted by molar-refractivity contribution is 8.18. The van der Waals surface area contributed by atoms with E-state index in [1.807, 2.05) is 73.7 Å². The molecule has 1 unspecified atom stereocenters. The molecule has 4 rings (SSSR count). The summed E-state index contributed by atoms with van der Waals surface area (Å²) in [5, 5.41) is 1.97. The van der Waals surface area contributed by atoms with Crippen molar-refractivity contribution >= 4 is 39.8 Å². The second-order valence-electron chi connectivity index (χ2n) is 7.32. The number of imide groups is 1. The normalized spacial score (nSPS) is 16.5. The summed E-state index contributed by atoms with van der Waals surface area (Å²) in [4.78, 5) is 27.2. The van der Waals surface area contributed by atoms with Crippen molar-refractivity contribution in [2.24, 2.45) is 0 Å². The van der Waals surface area contributed by atoms with Crippen molar-refractivity contribution in [3.8, 4) is 5.75 Å². The molecular formula is C25H23NO3S. The van der Waals surface area contributed by atoms with E-state index in [0.29, 0.717) is 10.7 Å². The Labute approximate surface area is 180 Å². The number of ether oxygens (including phenoxy) is 1. The van der Waals surface area contributed by atoms with Crippen LogP contribution in [0.15, 0.2) is 71.6 Å². The second-order valence-corrected chi connectivity index (χ2v) is 8.32. The molecule has 0 aromatic heterocycles. The first kappa shape index (κ1) is 20.2. The lowest BCUT2D eigenvalue weighted by Crippen LogP contribution is -2.27. The molecule has 0 spiro atoms. The van der Waals surface area contributed by atoms with Crippen molar-refractivity contribution in [1.29, 1.82) is 0 Å². The predicted molar refractivity (Wildman–Crippen MR) is 122 cm³/mol. The molecule has 1 fully saturated rings. The fraction of sp³-hybridized carbons (Fsp3) is 0.200. The van der Waals surface area contributed by atoms with Gasteiger partial charge in [-0.3, -0.25) is 14.5 Å². The number of thioether (sulfide) groups is 1. The van der Waals surface area contributed by atoms with Gasteiger partial charge in [0.05, 0.1) is 17.6 Å². The van der Waals surface area contributed by atoms with Gasteiger partial charge >= 0.3 is 0 Å². The fourth-order valence-electron chi connectivity index (χ4n) is 3.30. The molecule has 5 heteroatoms. The van der Waals surface area contributed by atoms with Gasteiger partial charge in [-0.25, -0.2) is 0 Å². The van der Waals surface area contributed by atoms with Crippen LogP contribution in [0.25, 0.3) is 16.8 Å². The Morgan fingerprint density at radius 3 is 2.53 bits per heavy atom. The summed E-state index contributed by atoms with van der Waals surface area (Å²) >= 11 is 0.976. The summed E-state index contributed by atoms with van der Waals surface area (Å²) in [5.41, 5.74) is 1.73. The van der Waals surface area contributed by atoms with Gasteiger partial charge in [-0.1, -0.05) is 61.5 Å². The first-order valence-corrected chi connectivity index (χ1v) is 10.9. The summed E-state index contributed by atoms with van der Waals surface area (Å²) in [6, 6.07) is 21.6. The van der Waals surface area contributed by atoms with Gasteiger partial charge in [-0.05, 0) is 59.7 Å². The Morgan fingerprint density at radius 2 is 1.73 bits per heavy atom. The highest BCUT2D eigenvalue weighted by atomic mass is 32.2. The van der Waals surface area contributed by atoms with Crippen molar-refractivity contribution in [2.45, 2.75) is 32.9 Å². The predicted octanol–water partition coefficient (Wildman–Crippen LogP) is 6.25. The number of para-hydroxylation sites is 1. The van der Waals surface area contributed by atoms with Gasteiger partial charge in [0.2, 0.25) is 0 Å². The molecule has 0 saturated carbocycles. The van der Waals surface area contributed by atoms with Gasteiger partial charge < -0.3 is 4.74 Å². The van der Waals surface area contributed by atoms with E-state index in [2.05, 4.69) is 6.92 Å². The van der Waals surface area contributed by atoms with Gasteiger partial charge in [-0.2, -0.15) is 0 Å². The van der Waals surface area contributed by atoms with E-state index in [-0.39, 0.29) is 23.8 Å². The SMILES string of the molecule is CCC(C)Oc1ccccc1/C=C1\SC(=O)N(Cc2ccc3ccccc3c2)C1=O. The third-order valence-corrected chi connectivity index (χ3v) is 6.04. The number of rotatable bonds is 6. The Hall–Kier alpha value is -3.05. The zero-order valence-corrected chi connectivity index (χ0v) is 17.8. The maximum atomic E-state index is 13.0. The average Bonchev–Trinajstić information content (AvgIpc) is 3.02. The lowest BCUT2D eigenvalue weighted by atomic mass is 10.1. The molecule has 1 aliphatic heterocycles. The number of nitrogens with zero attached hydrogens (tertiary/aromatic N) is 1. The minimum Gasteiger partial charge on any atom is -0.490 e. The molecule has 0 radical (unpaired) electrons. The average molecular weight is 418 g/mol. The van der Waals surface area contributed by atoms with Gasteiger partial charge in [0.25, 0.3) is 11.1 Å². The number of carbonyl (C=O) groups is 2. The Morgan fingerprint density at radius 1 is 1.00 bits per heavy atom. The highest BCUT2D eigenvalue weighted by Crippen LogP contribution is 2.35. The fourth-order valence-corrected chi connectivity index (χ4v) is 4.13. The summed E-state index contributed by atoms with van der Waals surface area (Å²) in [7, 11) is 0. The number of hydrogen-bond acceptors (Lipinski definition) is 4. The summed E-state index contributed by atoms with van der Waals surface area (Å²) in [6.07, 6.45) is 2.71. The largest absolute Gasteiger partial charge is 0.490 e. The summed E-state index contributed by atoms with van der Waals surface area (Å²) < 4.78 is 5.97. The zero-order valence-electron chi connectivity index (χ0n) is 17.0. The van der Waals surface area contributed by atoms with E-state index in [0.717, 1.165) is 40.1 Å². The summed E-state index contributed by atoms with van der Waals surface area (Å²) in [6.45, 7) is 4.33.